The van der Waals surface area contributed by atoms with Gasteiger partial charge in [-0.25, -0.2) is 0 Å². The fraction of sp³-hybridized carbons (Fsp3) is 0.922. The lowest BCUT2D eigenvalue weighted by molar-refractivity contribution is -0.404. The SMILES string of the molecule is CC(=O)N[C@@H]1[C@@H](O)[C@H](O[C@@H]2O[C@H](CO)[C@@H](O[C@@H]3O[C@H](CO[C@H]4O[C@H](CO)[C@@H](O)[C@H](O)[C@@H]4O[C@@H]4O[C@H](CO)[C@@H](O)[C@H](O)[C@H]4NC(C)=O)[C@@H](O)[C@H](O[C@H]4O[C@H](CO)[C@@H](O[C@@H]5O[C@H](CO)[C@@H](O)[C@H](O[C@@H]6O[C@H](CO)[C@H](O)[C@H](O)[C@H]6O)[C@H]5NC(C)=O)[C@H](O)[C@@H]4O[C@@H]4O[C@H](CO)[C@@H](O)[C@H](O)[C@H]4NC(C)=O)[C@@H]3O)[C@H](O)[C@H]2NC(C)=O)[C@@H](CO)O[C@H]1O. The molecule has 0 aromatic rings. The summed E-state index contributed by atoms with van der Waals surface area (Å²) in [6, 6.07) is -9.24. The van der Waals surface area contributed by atoms with E-state index in [-0.39, 0.29) is 0 Å². The number of carbonyl (C=O) groups is 5. The fourth-order valence-corrected chi connectivity index (χ4v) is 14.9. The summed E-state index contributed by atoms with van der Waals surface area (Å²) in [6.07, 6.45) is -84.6. The summed E-state index contributed by atoms with van der Waals surface area (Å²) in [6.45, 7) is -5.30. The molecule has 0 saturated carbocycles. The molecule has 9 heterocycles. The van der Waals surface area contributed by atoms with Crippen molar-refractivity contribution in [3.63, 3.8) is 0 Å². The highest BCUT2D eigenvalue weighted by Gasteiger charge is 2.62. The van der Waals surface area contributed by atoms with Gasteiger partial charge in [0.1, 0.15) is 219 Å². The molecule has 5 amide bonds. The predicted octanol–water partition coefficient (Wildman–Crippen LogP) is -19.9. The summed E-state index contributed by atoms with van der Waals surface area (Å²) in [5.41, 5.74) is 0. The fourth-order valence-electron chi connectivity index (χ4n) is 14.9. The Balaban J connectivity index is 1.12. The third kappa shape index (κ3) is 21.3. The van der Waals surface area contributed by atoms with Crippen LogP contribution in [0, 0.1) is 0 Å². The van der Waals surface area contributed by atoms with Crippen LogP contribution in [0.1, 0.15) is 34.6 Å². The predicted molar refractivity (Wildman–Crippen MR) is 355 cm³/mol. The average molecular weight is 1680 g/mol. The summed E-state index contributed by atoms with van der Waals surface area (Å²) in [7, 11) is 0. The maximum Gasteiger partial charge on any atom is 0.217 e. The molecule has 45 atom stereocenters. The number of rotatable bonds is 30. The zero-order valence-corrected chi connectivity index (χ0v) is 62.1. The van der Waals surface area contributed by atoms with Crippen molar-refractivity contribution in [3.05, 3.63) is 0 Å². The van der Waals surface area contributed by atoms with E-state index in [1.807, 2.05) is 0 Å². The smallest absolute Gasteiger partial charge is 0.217 e. The first-order valence-corrected chi connectivity index (χ1v) is 36.6. The van der Waals surface area contributed by atoms with Crippen LogP contribution in [0.2, 0.25) is 0 Å². The highest BCUT2D eigenvalue weighted by molar-refractivity contribution is 5.75. The number of carbonyl (C=O) groups excluding carboxylic acids is 5. The Morgan fingerprint density at radius 3 is 0.957 bits per heavy atom. The lowest BCUT2D eigenvalue weighted by Gasteiger charge is -2.52. The molecule has 664 valence electrons. The van der Waals surface area contributed by atoms with Crippen LogP contribution in [0.15, 0.2) is 0 Å². The molecule has 9 saturated heterocycles. The summed E-state index contributed by atoms with van der Waals surface area (Å²) >= 11 is 0. The number of amides is 5. The number of hydrogen-bond acceptors (Lipinski definition) is 46. The Morgan fingerprint density at radius 2 is 0.504 bits per heavy atom. The van der Waals surface area contributed by atoms with Gasteiger partial charge in [0.15, 0.2) is 56.6 Å². The molecule has 0 spiro atoms. The second-order valence-electron chi connectivity index (χ2n) is 28.9. The highest BCUT2D eigenvalue weighted by atomic mass is 16.8. The van der Waals surface area contributed by atoms with Crippen molar-refractivity contribution in [2.24, 2.45) is 0 Å². The van der Waals surface area contributed by atoms with Crippen molar-refractivity contribution in [2.45, 2.75) is 311 Å². The van der Waals surface area contributed by atoms with E-state index in [0.29, 0.717) is 0 Å². The standard InChI is InChI=1S/C64H107N5O46/c1-15(78)65-29-42(91)49(25(11-75)100-56(29)98)109-59-32(68-18(4)81)43(92)50(26(12-76)106-59)111-62-48(97)53(39(88)28(108-62)14-99-63-54(45(94)37(86)23(9-73)105-63)114-57-30(66-16(2)79)40(89)34(83)20(6-70)101-57)113-64-55(115-58-31(67-17(3)80)41(90)35(84)21(7-71)102-58)47(96)51(27(13-77)107-64)110-60-33(69-19(5)82)52(38(87)24(10-74)103-60)112-61-46(95)44(93)36(85)22(8-72)104-61/h20-64,70-77,83-98H,6-14H2,1-5H3,(H,65,78)(H,66,79)(H,67,80)(H,68,81)(H,69,82)/t20-,21-,22-,23-,24-,25-,26-,27-,28-,29-,30-,31-,32-,33-,34-,35-,36+,37-,38-,39-,40-,41-,42-,43-,44+,45+,46-,47+,48+,49-,50-,51-,52-,53+,54+,55+,56-,57+,58+,59+,60+,61+,62+,63+,64-/m1/s1. The molecular formula is C64H107N5O46. The molecule has 9 aliphatic rings. The van der Waals surface area contributed by atoms with Crippen LogP contribution < -0.4 is 26.6 Å². The van der Waals surface area contributed by atoms with Gasteiger partial charge >= 0.3 is 0 Å². The topological polar surface area (TPSA) is 788 Å². The molecule has 51 heteroatoms. The average Bonchev–Trinajstić information content (AvgIpc) is 0.762. The Morgan fingerprint density at radius 1 is 0.226 bits per heavy atom. The summed E-state index contributed by atoms with van der Waals surface area (Å²) in [5, 5.41) is 281. The Labute approximate surface area is 651 Å². The Kier molecular flexibility index (Phi) is 34.1. The largest absolute Gasteiger partial charge is 0.394 e. The van der Waals surface area contributed by atoms with Crippen LogP contribution in [0.3, 0.4) is 0 Å². The van der Waals surface area contributed by atoms with E-state index < -0.39 is 365 Å². The first-order chi connectivity index (χ1) is 54.4. The van der Waals surface area contributed by atoms with Crippen LogP contribution in [-0.2, 0) is 104 Å². The molecule has 0 aromatic carbocycles. The van der Waals surface area contributed by atoms with E-state index in [1.54, 1.807) is 0 Å². The van der Waals surface area contributed by atoms with Crippen molar-refractivity contribution in [2.75, 3.05) is 59.5 Å². The molecule has 9 fully saturated rings. The molecule has 0 bridgehead atoms. The van der Waals surface area contributed by atoms with E-state index in [1.165, 1.54) is 0 Å². The molecule has 29 N–H and O–H groups in total. The second-order valence-corrected chi connectivity index (χ2v) is 28.9. The van der Waals surface area contributed by atoms with Gasteiger partial charge < -0.3 is 230 Å². The Hall–Kier alpha value is -4.29. The van der Waals surface area contributed by atoms with Crippen LogP contribution in [0.5, 0.6) is 0 Å². The van der Waals surface area contributed by atoms with Crippen molar-refractivity contribution in [3.8, 4) is 0 Å². The van der Waals surface area contributed by atoms with Crippen molar-refractivity contribution in [1.82, 2.24) is 26.6 Å². The minimum atomic E-state index is -2.63. The molecular weight excluding hydrogens is 1570 g/mol. The third-order valence-electron chi connectivity index (χ3n) is 20.8. The van der Waals surface area contributed by atoms with Crippen molar-refractivity contribution < 1.29 is 227 Å². The van der Waals surface area contributed by atoms with Gasteiger partial charge in [0.25, 0.3) is 0 Å². The van der Waals surface area contributed by atoms with Crippen molar-refractivity contribution >= 4 is 29.5 Å². The van der Waals surface area contributed by atoms with Gasteiger partial charge in [-0.3, -0.25) is 24.0 Å². The summed E-state index contributed by atoms with van der Waals surface area (Å²) in [5.74, 6) is -4.52. The number of hydrogen-bond donors (Lipinski definition) is 29. The van der Waals surface area contributed by atoms with Gasteiger partial charge in [-0.1, -0.05) is 0 Å². The minimum absolute atomic E-state index is 0.795. The molecule has 0 aromatic heterocycles. The van der Waals surface area contributed by atoms with E-state index in [0.717, 1.165) is 34.6 Å². The van der Waals surface area contributed by atoms with Gasteiger partial charge in [0.05, 0.1) is 59.5 Å². The number of aliphatic hydroxyl groups is 24. The number of nitrogens with one attached hydrogen (secondary N) is 5. The van der Waals surface area contributed by atoms with Crippen LogP contribution in [-0.4, -0.2) is 488 Å². The molecule has 0 aliphatic carbocycles. The van der Waals surface area contributed by atoms with E-state index >= 15 is 0 Å². The minimum Gasteiger partial charge on any atom is -0.394 e. The number of aliphatic hydroxyl groups excluding tert-OH is 24. The van der Waals surface area contributed by atoms with Gasteiger partial charge in [-0.05, 0) is 0 Å². The lowest BCUT2D eigenvalue weighted by atomic mass is 9.93. The van der Waals surface area contributed by atoms with Gasteiger partial charge in [-0.2, -0.15) is 0 Å². The maximum atomic E-state index is 13.1. The zero-order chi connectivity index (χ0) is 84.8. The highest BCUT2D eigenvalue weighted by Crippen LogP contribution is 2.41. The number of ether oxygens (including phenoxy) is 17. The molecule has 9 rings (SSSR count). The van der Waals surface area contributed by atoms with Crippen LogP contribution >= 0.6 is 0 Å². The van der Waals surface area contributed by atoms with Gasteiger partial charge in [0, 0.05) is 34.6 Å². The summed E-state index contributed by atoms with van der Waals surface area (Å²) < 4.78 is 102. The molecule has 115 heavy (non-hydrogen) atoms. The maximum absolute atomic E-state index is 13.1. The first-order valence-electron chi connectivity index (χ1n) is 36.6. The molecule has 0 radical (unpaired) electrons. The quantitative estimate of drug-likeness (QED) is 0.0318. The Bertz CT molecular complexity index is 3100. The van der Waals surface area contributed by atoms with Gasteiger partial charge in [0.2, 0.25) is 29.5 Å². The molecule has 51 nitrogen and oxygen atoms in total. The third-order valence-corrected chi connectivity index (χ3v) is 20.8. The van der Waals surface area contributed by atoms with E-state index in [4.69, 9.17) is 80.5 Å². The normalized spacial score (nSPS) is 47.9. The van der Waals surface area contributed by atoms with Crippen LogP contribution in [0.4, 0.5) is 0 Å². The monoisotopic (exact) mass is 1680 g/mol. The van der Waals surface area contributed by atoms with E-state index in [9.17, 15) is 147 Å². The first kappa shape index (κ1) is 94.6. The van der Waals surface area contributed by atoms with Crippen LogP contribution in [0.25, 0.3) is 0 Å². The van der Waals surface area contributed by atoms with Crippen molar-refractivity contribution in [1.29, 1.82) is 0 Å². The lowest BCUT2D eigenvalue weighted by Crippen LogP contribution is -2.71. The zero-order valence-electron chi connectivity index (χ0n) is 62.1. The second kappa shape index (κ2) is 41.5. The van der Waals surface area contributed by atoms with Gasteiger partial charge in [-0.15, -0.1) is 0 Å². The molecule has 9 aliphatic heterocycles. The van der Waals surface area contributed by atoms with E-state index in [2.05, 4.69) is 26.6 Å². The molecule has 0 unspecified atom stereocenters. The summed E-state index contributed by atoms with van der Waals surface area (Å²) in [4.78, 5) is 63.7.